The Morgan fingerprint density at radius 1 is 1.02 bits per heavy atom. The normalized spacial score (nSPS) is 14.2. The molecule has 0 saturated carbocycles. The van der Waals surface area contributed by atoms with Crippen LogP contribution in [0.4, 0.5) is 16.3 Å². The number of nitrogens with zero attached hydrogens (tertiary/aromatic N) is 4. The van der Waals surface area contributed by atoms with Crippen molar-refractivity contribution in [1.82, 2.24) is 24.6 Å². The SMILES string of the molecule is Cc1ccc(-n2nc(C(C)(C)C)cc2NC(=O)Nc2cccc(CC3CCN(C(=O)c4cnc[nH]4)CC3)c2)cc1. The maximum Gasteiger partial charge on any atom is 0.324 e. The van der Waals surface area contributed by atoms with Crippen LogP contribution in [0.2, 0.25) is 0 Å². The molecule has 2 aromatic heterocycles. The summed E-state index contributed by atoms with van der Waals surface area (Å²) >= 11 is 0. The van der Waals surface area contributed by atoms with E-state index in [1.165, 1.54) is 6.33 Å². The fourth-order valence-corrected chi connectivity index (χ4v) is 4.99. The van der Waals surface area contributed by atoms with Crippen LogP contribution < -0.4 is 10.6 Å². The first-order valence-electron chi connectivity index (χ1n) is 13.8. The zero-order chi connectivity index (χ0) is 28.3. The molecule has 9 nitrogen and oxygen atoms in total. The smallest absolute Gasteiger partial charge is 0.324 e. The molecule has 3 N–H and O–H groups in total. The zero-order valence-electron chi connectivity index (χ0n) is 23.6. The van der Waals surface area contributed by atoms with Crippen molar-refractivity contribution >= 4 is 23.4 Å². The van der Waals surface area contributed by atoms with E-state index in [9.17, 15) is 9.59 Å². The van der Waals surface area contributed by atoms with E-state index in [0.29, 0.717) is 17.4 Å². The van der Waals surface area contributed by atoms with Gasteiger partial charge in [0.1, 0.15) is 11.5 Å². The highest BCUT2D eigenvalue weighted by Crippen LogP contribution is 2.27. The van der Waals surface area contributed by atoms with Gasteiger partial charge in [-0.2, -0.15) is 5.10 Å². The van der Waals surface area contributed by atoms with Crippen molar-refractivity contribution in [2.24, 2.45) is 5.92 Å². The maximum absolute atomic E-state index is 13.1. The average Bonchev–Trinajstić information content (AvgIpc) is 3.60. The molecule has 3 amide bonds. The third kappa shape index (κ3) is 6.42. The summed E-state index contributed by atoms with van der Waals surface area (Å²) in [6.45, 7) is 9.81. The molecule has 3 heterocycles. The Hall–Kier alpha value is -4.40. The number of imidazole rings is 1. The Bertz CT molecular complexity index is 1460. The summed E-state index contributed by atoms with van der Waals surface area (Å²) in [7, 11) is 0. The number of H-pyrrole nitrogens is 1. The van der Waals surface area contributed by atoms with Crippen molar-refractivity contribution < 1.29 is 9.59 Å². The van der Waals surface area contributed by atoms with Crippen LogP contribution >= 0.6 is 0 Å². The van der Waals surface area contributed by atoms with Crippen LogP contribution in [0.3, 0.4) is 0 Å². The molecule has 0 spiro atoms. The Kier molecular flexibility index (Phi) is 7.73. The number of benzene rings is 2. The Morgan fingerprint density at radius 3 is 2.45 bits per heavy atom. The number of likely N-dealkylation sites (tertiary alicyclic amines) is 1. The third-order valence-corrected chi connectivity index (χ3v) is 7.34. The van der Waals surface area contributed by atoms with Crippen LogP contribution in [0.5, 0.6) is 0 Å². The molecule has 1 aliphatic heterocycles. The fraction of sp³-hybridized carbons (Fsp3) is 0.355. The highest BCUT2D eigenvalue weighted by Gasteiger charge is 2.25. The fourth-order valence-electron chi connectivity index (χ4n) is 4.99. The van der Waals surface area contributed by atoms with E-state index in [0.717, 1.165) is 60.5 Å². The predicted octanol–water partition coefficient (Wildman–Crippen LogP) is 5.94. The van der Waals surface area contributed by atoms with Crippen molar-refractivity contribution in [3.8, 4) is 5.69 Å². The van der Waals surface area contributed by atoms with Crippen LogP contribution in [0.1, 0.15) is 60.9 Å². The van der Waals surface area contributed by atoms with E-state index < -0.39 is 0 Å². The van der Waals surface area contributed by atoms with Crippen molar-refractivity contribution in [1.29, 1.82) is 0 Å². The number of urea groups is 1. The monoisotopic (exact) mass is 539 g/mol. The molecule has 0 atom stereocenters. The number of aromatic amines is 1. The number of aryl methyl sites for hydroxylation is 1. The molecule has 40 heavy (non-hydrogen) atoms. The number of amides is 3. The van der Waals surface area contributed by atoms with Crippen LogP contribution in [-0.4, -0.2) is 49.7 Å². The number of piperidine rings is 1. The van der Waals surface area contributed by atoms with Crippen molar-refractivity contribution in [3.05, 3.63) is 89.6 Å². The van der Waals surface area contributed by atoms with Crippen molar-refractivity contribution in [2.45, 2.75) is 52.4 Å². The minimum atomic E-state index is -0.323. The molecule has 1 fully saturated rings. The number of aromatic nitrogens is 4. The minimum Gasteiger partial charge on any atom is -0.341 e. The Balaban J connectivity index is 1.21. The summed E-state index contributed by atoms with van der Waals surface area (Å²) < 4.78 is 1.78. The first-order valence-corrected chi connectivity index (χ1v) is 13.8. The van der Waals surface area contributed by atoms with E-state index in [4.69, 9.17) is 5.10 Å². The standard InChI is InChI=1S/C31H37N7O2/c1-21-8-10-25(11-9-21)38-28(18-27(36-38)31(2,3)4)35-30(40)34-24-7-5-6-23(17-24)16-22-12-14-37(15-13-22)29(39)26-19-32-20-33-26/h5-11,17-20,22H,12-16H2,1-4H3,(H,32,33)(H2,34,35,40). The summed E-state index contributed by atoms with van der Waals surface area (Å²) in [6.07, 6.45) is 5.89. The molecule has 1 saturated heterocycles. The van der Waals surface area contributed by atoms with E-state index >= 15 is 0 Å². The van der Waals surface area contributed by atoms with E-state index in [2.05, 4.69) is 47.4 Å². The van der Waals surface area contributed by atoms with Crippen LogP contribution in [0.15, 0.2) is 67.1 Å². The van der Waals surface area contributed by atoms with Gasteiger partial charge in [0.05, 0.1) is 23.9 Å². The molecule has 2 aromatic carbocycles. The second-order valence-electron chi connectivity index (χ2n) is 11.6. The molecule has 0 bridgehead atoms. The molecule has 0 radical (unpaired) electrons. The highest BCUT2D eigenvalue weighted by atomic mass is 16.2. The first kappa shape index (κ1) is 27.2. The lowest BCUT2D eigenvalue weighted by molar-refractivity contribution is 0.0685. The lowest BCUT2D eigenvalue weighted by Gasteiger charge is -2.31. The Labute approximate surface area is 235 Å². The zero-order valence-corrected chi connectivity index (χ0v) is 23.6. The van der Waals surface area contributed by atoms with Gasteiger partial charge in [-0.15, -0.1) is 0 Å². The van der Waals surface area contributed by atoms with Crippen molar-refractivity contribution in [2.75, 3.05) is 23.7 Å². The van der Waals surface area contributed by atoms with Gasteiger partial charge in [-0.05, 0) is 61.9 Å². The van der Waals surface area contributed by atoms with E-state index in [-0.39, 0.29) is 17.4 Å². The average molecular weight is 540 g/mol. The molecule has 208 valence electrons. The van der Waals surface area contributed by atoms with Gasteiger partial charge >= 0.3 is 6.03 Å². The number of anilines is 2. The van der Waals surface area contributed by atoms with E-state index in [1.807, 2.05) is 60.4 Å². The van der Waals surface area contributed by atoms with E-state index in [1.54, 1.807) is 10.9 Å². The van der Waals surface area contributed by atoms with Gasteiger partial charge in [0.15, 0.2) is 0 Å². The maximum atomic E-state index is 13.1. The summed E-state index contributed by atoms with van der Waals surface area (Å²) in [5.41, 5.74) is 5.20. The molecule has 0 aliphatic carbocycles. The third-order valence-electron chi connectivity index (χ3n) is 7.34. The number of nitrogens with one attached hydrogen (secondary N) is 3. The van der Waals surface area contributed by atoms with Gasteiger partial charge < -0.3 is 15.2 Å². The van der Waals surface area contributed by atoms with Gasteiger partial charge in [-0.25, -0.2) is 14.5 Å². The topological polar surface area (TPSA) is 108 Å². The van der Waals surface area contributed by atoms with Gasteiger partial charge in [0.2, 0.25) is 0 Å². The lowest BCUT2D eigenvalue weighted by atomic mass is 9.90. The van der Waals surface area contributed by atoms with Gasteiger partial charge in [-0.3, -0.25) is 10.1 Å². The summed E-state index contributed by atoms with van der Waals surface area (Å²) in [6, 6.07) is 17.7. The molecular weight excluding hydrogens is 502 g/mol. The molecular formula is C31H37N7O2. The first-order chi connectivity index (χ1) is 19.2. The molecule has 5 rings (SSSR count). The number of rotatable bonds is 6. The molecule has 1 aliphatic rings. The summed E-state index contributed by atoms with van der Waals surface area (Å²) in [5, 5.41) is 10.8. The quantitative estimate of drug-likeness (QED) is 0.282. The largest absolute Gasteiger partial charge is 0.341 e. The number of hydrogen-bond acceptors (Lipinski definition) is 4. The number of carbonyl (C=O) groups is 2. The number of hydrogen-bond donors (Lipinski definition) is 3. The molecule has 0 unspecified atom stereocenters. The Morgan fingerprint density at radius 2 is 1.77 bits per heavy atom. The highest BCUT2D eigenvalue weighted by molar-refractivity contribution is 5.99. The summed E-state index contributed by atoms with van der Waals surface area (Å²) in [5.74, 6) is 1.10. The van der Waals surface area contributed by atoms with Gasteiger partial charge in [0, 0.05) is 30.3 Å². The van der Waals surface area contributed by atoms with Crippen LogP contribution in [0, 0.1) is 12.8 Å². The minimum absolute atomic E-state index is 0.00602. The number of carbonyl (C=O) groups excluding carboxylic acids is 2. The van der Waals surface area contributed by atoms with Gasteiger partial charge in [0.25, 0.3) is 5.91 Å². The molecule has 4 aromatic rings. The van der Waals surface area contributed by atoms with Crippen LogP contribution in [0.25, 0.3) is 5.69 Å². The predicted molar refractivity (Wildman–Crippen MR) is 157 cm³/mol. The lowest BCUT2D eigenvalue weighted by Crippen LogP contribution is -2.39. The van der Waals surface area contributed by atoms with Crippen molar-refractivity contribution in [3.63, 3.8) is 0 Å². The summed E-state index contributed by atoms with van der Waals surface area (Å²) in [4.78, 5) is 34.4. The van der Waals surface area contributed by atoms with Gasteiger partial charge in [-0.1, -0.05) is 50.6 Å². The van der Waals surface area contributed by atoms with Crippen LogP contribution in [-0.2, 0) is 11.8 Å². The second-order valence-corrected chi connectivity index (χ2v) is 11.6. The molecule has 9 heteroatoms. The second kappa shape index (κ2) is 11.4.